The van der Waals surface area contributed by atoms with E-state index in [1.54, 1.807) is 0 Å². The first-order valence-electron chi connectivity index (χ1n) is 4.58. The maximum absolute atomic E-state index is 2.74. The molecule has 0 aliphatic carbocycles. The van der Waals surface area contributed by atoms with Gasteiger partial charge in [-0.05, 0) is 50.4 Å². The van der Waals surface area contributed by atoms with Crippen LogP contribution in [-0.2, 0) is 0 Å². The maximum atomic E-state index is 2.74. The van der Waals surface area contributed by atoms with Crippen LogP contribution in [0.25, 0.3) is 11.1 Å². The normalized spacial score (nSPS) is 10.3. The first-order valence-corrected chi connectivity index (χ1v) is 6.81. The van der Waals surface area contributed by atoms with Crippen molar-refractivity contribution in [3.63, 3.8) is 0 Å². The van der Waals surface area contributed by atoms with Gasteiger partial charge in [0.05, 0.1) is 0 Å². The lowest BCUT2D eigenvalue weighted by Gasteiger charge is -2.04. The molecule has 0 amide bonds. The third kappa shape index (κ3) is 2.78. The molecule has 0 N–H and O–H groups in total. The van der Waals surface area contributed by atoms with Gasteiger partial charge in [0.1, 0.15) is 0 Å². The highest BCUT2D eigenvalue weighted by molar-refractivity contribution is 14.1. The van der Waals surface area contributed by atoms with E-state index in [9.17, 15) is 0 Å². The fourth-order valence-electron chi connectivity index (χ4n) is 1.38. The lowest BCUT2D eigenvalue weighted by molar-refractivity contribution is 1.64. The Labute approximate surface area is 108 Å². The molecule has 2 aromatic carbocycles. The summed E-state index contributed by atoms with van der Waals surface area (Å²) in [6.07, 6.45) is 0. The second kappa shape index (κ2) is 4.91. The molecule has 0 aromatic heterocycles. The molecule has 3 heteroatoms. The van der Waals surface area contributed by atoms with Crippen molar-refractivity contribution in [2.45, 2.75) is 0 Å². The number of hydrogen-bond acceptors (Lipinski definition) is 0. The maximum Gasteiger partial charge on any atom is 0.0208 e. The zero-order valence-corrected chi connectivity index (χ0v) is 12.5. The average Bonchev–Trinajstić information content (AvgIpc) is 2.23. The van der Waals surface area contributed by atoms with Crippen LogP contribution >= 0.6 is 41.1 Å². The molecule has 0 radical (unpaired) electrons. The summed E-state index contributed by atoms with van der Waals surface area (Å²) < 4.78 is 1.28. The number of hydrogen-bond donors (Lipinski definition) is 0. The van der Waals surface area contributed by atoms with Gasteiger partial charge in [0.15, 0.2) is 0 Å². The van der Waals surface area contributed by atoms with E-state index in [-0.39, 0.29) is 0 Å². The van der Waals surface area contributed by atoms with Gasteiger partial charge in [-0.2, -0.15) is 0 Å². The Balaban J connectivity index is 2.45. The van der Waals surface area contributed by atoms with Crippen molar-refractivity contribution in [1.29, 1.82) is 0 Å². The number of rotatable bonds is 1. The van der Waals surface area contributed by atoms with Crippen molar-refractivity contribution in [3.8, 4) is 11.1 Å². The molecule has 0 aliphatic heterocycles. The van der Waals surface area contributed by atoms with Gasteiger partial charge in [0.25, 0.3) is 0 Å². The van der Waals surface area contributed by atoms with Gasteiger partial charge >= 0.3 is 0 Å². The van der Waals surface area contributed by atoms with Gasteiger partial charge < -0.3 is 0 Å². The molecular formula is C12H11IP2. The minimum atomic E-state index is 1.22. The second-order valence-corrected chi connectivity index (χ2v) is 5.81. The topological polar surface area (TPSA) is 0 Å². The first-order chi connectivity index (χ1) is 7.16. The molecular weight excluding hydrogens is 333 g/mol. The summed E-state index contributed by atoms with van der Waals surface area (Å²) in [6, 6.07) is 15.0. The Bertz CT molecular complexity index is 477. The quantitative estimate of drug-likeness (QED) is 0.551. The third-order valence-corrected chi connectivity index (χ3v) is 4.65. The van der Waals surface area contributed by atoms with Crippen molar-refractivity contribution in [2.24, 2.45) is 0 Å². The van der Waals surface area contributed by atoms with Gasteiger partial charge in [0, 0.05) is 3.57 Å². The number of benzene rings is 2. The van der Waals surface area contributed by atoms with E-state index in [4.69, 9.17) is 0 Å². The fourth-order valence-corrected chi connectivity index (χ4v) is 2.27. The van der Waals surface area contributed by atoms with Crippen molar-refractivity contribution >= 4 is 51.7 Å². The minimum absolute atomic E-state index is 1.22. The molecule has 2 unspecified atom stereocenters. The van der Waals surface area contributed by atoms with Crippen LogP contribution in [0.3, 0.4) is 0 Å². The average molecular weight is 344 g/mol. The summed E-state index contributed by atoms with van der Waals surface area (Å²) in [5, 5.41) is 2.47. The largest absolute Gasteiger partial charge is 0.106 e. The van der Waals surface area contributed by atoms with Crippen LogP contribution in [0.4, 0.5) is 0 Å². The van der Waals surface area contributed by atoms with E-state index in [0.717, 1.165) is 0 Å². The molecule has 15 heavy (non-hydrogen) atoms. The molecule has 2 rings (SSSR count). The van der Waals surface area contributed by atoms with Crippen LogP contribution in [0.2, 0.25) is 0 Å². The van der Waals surface area contributed by atoms with E-state index in [2.05, 4.69) is 83.5 Å². The van der Waals surface area contributed by atoms with Gasteiger partial charge in [-0.3, -0.25) is 0 Å². The van der Waals surface area contributed by atoms with E-state index >= 15 is 0 Å². The monoisotopic (exact) mass is 344 g/mol. The smallest absolute Gasteiger partial charge is 0.0208 e. The molecule has 76 valence electrons. The molecule has 0 spiro atoms. The summed E-state index contributed by atoms with van der Waals surface area (Å²) >= 11 is 2.36. The van der Waals surface area contributed by atoms with Crippen LogP contribution in [-0.4, -0.2) is 0 Å². The van der Waals surface area contributed by atoms with Crippen molar-refractivity contribution in [1.82, 2.24) is 0 Å². The van der Waals surface area contributed by atoms with Crippen molar-refractivity contribution in [3.05, 3.63) is 46.0 Å². The van der Waals surface area contributed by atoms with Crippen LogP contribution in [0.15, 0.2) is 42.5 Å². The first kappa shape index (κ1) is 11.5. The van der Waals surface area contributed by atoms with Crippen LogP contribution in [0, 0.1) is 3.57 Å². The molecule has 2 aromatic rings. The Hall–Kier alpha value is 0.0300. The summed E-state index contributed by atoms with van der Waals surface area (Å²) in [5.41, 5.74) is 2.54. The van der Waals surface area contributed by atoms with Crippen molar-refractivity contribution < 1.29 is 0 Å². The van der Waals surface area contributed by atoms with Crippen LogP contribution in [0.5, 0.6) is 0 Å². The van der Waals surface area contributed by atoms with E-state index in [1.165, 1.54) is 25.3 Å². The lowest BCUT2D eigenvalue weighted by atomic mass is 10.1. The summed E-state index contributed by atoms with van der Waals surface area (Å²) in [4.78, 5) is 0. The molecule has 0 saturated heterocycles. The molecule has 0 fully saturated rings. The standard InChI is InChI=1S/C12H11IP2/c13-11-7-9(3-6-12(11)15)8-1-4-10(14)5-2-8/h1-7H,14-15H2. The molecule has 2 atom stereocenters. The SMILES string of the molecule is Pc1ccc(-c2ccc(P)c(I)c2)cc1. The third-order valence-electron chi connectivity index (χ3n) is 2.24. The van der Waals surface area contributed by atoms with Gasteiger partial charge in [-0.25, -0.2) is 0 Å². The lowest BCUT2D eigenvalue weighted by Crippen LogP contribution is -1.96. The summed E-state index contributed by atoms with van der Waals surface area (Å²) in [5.74, 6) is 0. The summed E-state index contributed by atoms with van der Waals surface area (Å²) in [6.45, 7) is 0. The van der Waals surface area contributed by atoms with E-state index < -0.39 is 0 Å². The Morgan fingerprint density at radius 2 is 1.40 bits per heavy atom. The fraction of sp³-hybridized carbons (Fsp3) is 0. The molecule has 0 aliphatic rings. The van der Waals surface area contributed by atoms with Crippen LogP contribution < -0.4 is 10.6 Å². The predicted octanol–water partition coefficient (Wildman–Crippen LogP) is 2.96. The van der Waals surface area contributed by atoms with Gasteiger partial charge in [0.2, 0.25) is 0 Å². The van der Waals surface area contributed by atoms with E-state index in [0.29, 0.717) is 0 Å². The highest BCUT2D eigenvalue weighted by Gasteiger charge is 1.99. The highest BCUT2D eigenvalue weighted by atomic mass is 127. The van der Waals surface area contributed by atoms with Crippen molar-refractivity contribution in [2.75, 3.05) is 0 Å². The Morgan fingerprint density at radius 1 is 0.800 bits per heavy atom. The van der Waals surface area contributed by atoms with E-state index in [1.807, 2.05) is 0 Å². The highest BCUT2D eigenvalue weighted by Crippen LogP contribution is 2.20. The Kier molecular flexibility index (Phi) is 3.77. The predicted molar refractivity (Wildman–Crippen MR) is 83.3 cm³/mol. The molecule has 0 nitrogen and oxygen atoms in total. The zero-order chi connectivity index (χ0) is 10.8. The minimum Gasteiger partial charge on any atom is -0.106 e. The number of halogens is 1. The zero-order valence-electron chi connectivity index (χ0n) is 8.07. The molecule has 0 saturated carbocycles. The van der Waals surface area contributed by atoms with Crippen LogP contribution in [0.1, 0.15) is 0 Å². The van der Waals surface area contributed by atoms with Gasteiger partial charge in [-0.15, -0.1) is 18.5 Å². The Morgan fingerprint density at radius 3 is 2.00 bits per heavy atom. The summed E-state index contributed by atoms with van der Waals surface area (Å²) in [7, 11) is 5.44. The second-order valence-electron chi connectivity index (χ2n) is 3.36. The van der Waals surface area contributed by atoms with Gasteiger partial charge in [-0.1, -0.05) is 36.4 Å². The molecule has 0 bridgehead atoms. The molecule has 0 heterocycles.